The number of nitriles is 1. The molecular formula is C25H35F3N8O3S. The summed E-state index contributed by atoms with van der Waals surface area (Å²) >= 11 is 0. The van der Waals surface area contributed by atoms with Gasteiger partial charge in [0.2, 0.25) is 5.91 Å². The number of carbonyl (C=O) groups excluding carboxylic acids is 1. The highest BCUT2D eigenvalue weighted by atomic mass is 32.2. The quantitative estimate of drug-likeness (QED) is 0.214. The van der Waals surface area contributed by atoms with Gasteiger partial charge in [-0.3, -0.25) is 15.6 Å². The van der Waals surface area contributed by atoms with Gasteiger partial charge in [0.15, 0.2) is 15.5 Å². The molecule has 3 heterocycles. The summed E-state index contributed by atoms with van der Waals surface area (Å²) in [5.41, 5.74) is -2.93. The van der Waals surface area contributed by atoms with Gasteiger partial charge in [-0.05, 0) is 20.3 Å². The summed E-state index contributed by atoms with van der Waals surface area (Å²) < 4.78 is 61.2. The van der Waals surface area contributed by atoms with E-state index in [-0.39, 0.29) is 31.1 Å². The summed E-state index contributed by atoms with van der Waals surface area (Å²) in [6.07, 6.45) is -1.64. The van der Waals surface area contributed by atoms with E-state index in [0.29, 0.717) is 17.5 Å². The van der Waals surface area contributed by atoms with Crippen molar-refractivity contribution in [2.75, 3.05) is 29.1 Å². The molecule has 2 aliphatic heterocycles. The Hall–Kier alpha value is -3.54. The summed E-state index contributed by atoms with van der Waals surface area (Å²) in [6, 6.07) is 0.850. The monoisotopic (exact) mass is 584 g/mol. The van der Waals surface area contributed by atoms with Crippen molar-refractivity contribution in [2.45, 2.75) is 76.8 Å². The lowest BCUT2D eigenvalue weighted by Gasteiger charge is -2.36. The van der Waals surface area contributed by atoms with Gasteiger partial charge in [0.1, 0.15) is 34.6 Å². The largest absolute Gasteiger partial charge is 0.433 e. The fourth-order valence-electron chi connectivity index (χ4n) is 4.12. The molecule has 15 heteroatoms. The molecule has 220 valence electrons. The van der Waals surface area contributed by atoms with Gasteiger partial charge < -0.3 is 15.5 Å². The molecule has 1 saturated heterocycles. The first-order valence-corrected chi connectivity index (χ1v) is 14.3. The van der Waals surface area contributed by atoms with Crippen LogP contribution >= 0.6 is 0 Å². The number of amides is 1. The fraction of sp³-hybridized carbons (Fsp3) is 0.600. The number of carbonyl (C=O) groups is 1. The number of anilines is 2. The summed E-state index contributed by atoms with van der Waals surface area (Å²) in [6.45, 7) is 11.3. The van der Waals surface area contributed by atoms with Crippen molar-refractivity contribution in [3.05, 3.63) is 23.5 Å². The molecular weight excluding hydrogens is 549 g/mol. The maximum atomic E-state index is 12.9. The Bertz CT molecular complexity index is 1350. The third-order valence-corrected chi connectivity index (χ3v) is 9.03. The van der Waals surface area contributed by atoms with E-state index >= 15 is 0 Å². The van der Waals surface area contributed by atoms with E-state index in [2.05, 4.69) is 34.4 Å². The fourth-order valence-corrected chi connectivity index (χ4v) is 5.61. The van der Waals surface area contributed by atoms with Gasteiger partial charge in [-0.25, -0.2) is 18.4 Å². The van der Waals surface area contributed by atoms with Crippen molar-refractivity contribution in [3.63, 3.8) is 0 Å². The zero-order chi connectivity index (χ0) is 30.7. The number of rotatable bonds is 7. The minimum Gasteiger partial charge on any atom is -0.368 e. The molecule has 2 atom stereocenters. The van der Waals surface area contributed by atoms with Crippen LogP contribution in [0.15, 0.2) is 18.0 Å². The Morgan fingerprint density at radius 3 is 2.35 bits per heavy atom. The highest BCUT2D eigenvalue weighted by Crippen LogP contribution is 2.42. The predicted octanol–water partition coefficient (Wildman–Crippen LogP) is 3.49. The highest BCUT2D eigenvalue weighted by molar-refractivity contribution is 7.95. The normalized spacial score (nSPS) is 21.5. The smallest absolute Gasteiger partial charge is 0.368 e. The Morgan fingerprint density at radius 1 is 1.27 bits per heavy atom. The Labute approximate surface area is 232 Å². The van der Waals surface area contributed by atoms with E-state index in [1.54, 1.807) is 6.92 Å². The number of sulfone groups is 1. The summed E-state index contributed by atoms with van der Waals surface area (Å²) in [4.78, 5) is 22.3. The van der Waals surface area contributed by atoms with Crippen LogP contribution in [0.25, 0.3) is 0 Å². The van der Waals surface area contributed by atoms with Crippen molar-refractivity contribution in [1.82, 2.24) is 15.3 Å². The lowest BCUT2D eigenvalue weighted by Crippen LogP contribution is -2.60. The van der Waals surface area contributed by atoms with E-state index in [4.69, 9.17) is 16.1 Å². The second-order valence-corrected chi connectivity index (χ2v) is 13.1. The zero-order valence-electron chi connectivity index (χ0n) is 23.3. The first kappa shape index (κ1) is 32.7. The number of hydrogen-bond acceptors (Lipinski definition) is 9. The van der Waals surface area contributed by atoms with Crippen LogP contribution in [0.1, 0.15) is 59.9 Å². The number of allylic oxidation sites excluding steroid dienone is 1. The Kier molecular flexibility index (Phi) is 9.73. The SMILES string of the molecule is CCC.C[C@H](CNc1ncnc2c1C(C)(C)CN2C(=N)/C=C(/C#N)C(=N)C(F)(F)F)NC(=O)[C@@]1(C)CCS1(=O)=O. The van der Waals surface area contributed by atoms with E-state index in [1.807, 2.05) is 13.8 Å². The molecule has 0 spiro atoms. The number of nitrogens with zero attached hydrogens (tertiary/aromatic N) is 4. The van der Waals surface area contributed by atoms with Gasteiger partial charge in [0.25, 0.3) is 0 Å². The number of amidine groups is 1. The Balaban J connectivity index is 0.00000178. The van der Waals surface area contributed by atoms with Gasteiger partial charge in [-0.2, -0.15) is 18.4 Å². The lowest BCUT2D eigenvalue weighted by atomic mass is 9.88. The van der Waals surface area contributed by atoms with Gasteiger partial charge in [0.05, 0.1) is 11.3 Å². The molecule has 2 aliphatic rings. The van der Waals surface area contributed by atoms with Crippen molar-refractivity contribution in [1.29, 1.82) is 16.1 Å². The number of aromatic nitrogens is 2. The minimum atomic E-state index is -5.03. The molecule has 11 nitrogen and oxygen atoms in total. The first-order valence-electron chi connectivity index (χ1n) is 12.6. The molecule has 4 N–H and O–H groups in total. The third kappa shape index (κ3) is 6.60. The van der Waals surface area contributed by atoms with Crippen LogP contribution < -0.4 is 15.5 Å². The molecule has 1 aromatic heterocycles. The second kappa shape index (κ2) is 11.9. The zero-order valence-corrected chi connectivity index (χ0v) is 24.1. The molecule has 0 unspecified atom stereocenters. The lowest BCUT2D eigenvalue weighted by molar-refractivity contribution is -0.124. The van der Waals surface area contributed by atoms with Crippen LogP contribution in [0, 0.1) is 22.1 Å². The average Bonchev–Trinajstić information content (AvgIpc) is 3.15. The standard InChI is InChI=1S/C22H27F3N8O3S.C3H8/c1-12(32-19(34)21(4)5-6-37(21,35)36)9-29-17-15-18(31-11-30-17)33(10-20(15,2)3)14(27)7-13(8-26)16(28)22(23,24)25;1-3-2/h7,11-12,27-28H,5-6,9-10H2,1-4H3,(H,32,34)(H,29,30,31);3H2,1-2H3/b13-7-,27-14?,28-16?;/t12-,21-;/m1./s1. The summed E-state index contributed by atoms with van der Waals surface area (Å²) in [5.74, 6) is -0.423. The van der Waals surface area contributed by atoms with Gasteiger partial charge in [-0.1, -0.05) is 34.1 Å². The van der Waals surface area contributed by atoms with E-state index in [1.165, 1.54) is 30.6 Å². The van der Waals surface area contributed by atoms with E-state index in [0.717, 1.165) is 0 Å². The van der Waals surface area contributed by atoms with Crippen molar-refractivity contribution >= 4 is 38.9 Å². The van der Waals surface area contributed by atoms with Crippen LogP contribution in [-0.2, 0) is 20.0 Å². The number of nitrogens with one attached hydrogen (secondary N) is 4. The minimum absolute atomic E-state index is 0.0282. The number of alkyl halides is 3. The second-order valence-electron chi connectivity index (χ2n) is 10.6. The summed E-state index contributed by atoms with van der Waals surface area (Å²) in [5, 5.41) is 30.4. The molecule has 1 amide bonds. The third-order valence-electron chi connectivity index (χ3n) is 6.53. The van der Waals surface area contributed by atoms with E-state index < -0.39 is 55.2 Å². The van der Waals surface area contributed by atoms with Gasteiger partial charge in [0, 0.05) is 36.2 Å². The molecule has 0 saturated carbocycles. The molecule has 1 fully saturated rings. The highest BCUT2D eigenvalue weighted by Gasteiger charge is 2.54. The predicted molar refractivity (Wildman–Crippen MR) is 146 cm³/mol. The maximum Gasteiger partial charge on any atom is 0.433 e. The Morgan fingerprint density at radius 2 is 1.88 bits per heavy atom. The molecule has 1 aromatic rings. The molecule has 0 aliphatic carbocycles. The molecule has 3 rings (SSSR count). The van der Waals surface area contributed by atoms with Crippen LogP contribution in [-0.4, -0.2) is 71.6 Å². The molecule has 0 radical (unpaired) electrons. The van der Waals surface area contributed by atoms with Crippen LogP contribution in [0.5, 0.6) is 0 Å². The van der Waals surface area contributed by atoms with Crippen molar-refractivity contribution in [2.24, 2.45) is 0 Å². The first-order chi connectivity index (χ1) is 18.4. The molecule has 0 aromatic carbocycles. The van der Waals surface area contributed by atoms with E-state index in [9.17, 15) is 26.4 Å². The van der Waals surface area contributed by atoms with Crippen molar-refractivity contribution in [3.8, 4) is 6.07 Å². The van der Waals surface area contributed by atoms with Gasteiger partial charge >= 0.3 is 6.18 Å². The summed E-state index contributed by atoms with van der Waals surface area (Å²) in [7, 11) is -3.48. The maximum absolute atomic E-state index is 12.9. The van der Waals surface area contributed by atoms with Crippen LogP contribution in [0.2, 0.25) is 0 Å². The topological polar surface area (TPSA) is 176 Å². The molecule has 40 heavy (non-hydrogen) atoms. The number of hydrogen-bond donors (Lipinski definition) is 4. The van der Waals surface area contributed by atoms with Gasteiger partial charge in [-0.15, -0.1) is 0 Å². The average molecular weight is 585 g/mol. The number of fused-ring (bicyclic) bond motifs is 1. The van der Waals surface area contributed by atoms with Crippen LogP contribution in [0.4, 0.5) is 24.8 Å². The van der Waals surface area contributed by atoms with Crippen molar-refractivity contribution < 1.29 is 26.4 Å². The van der Waals surface area contributed by atoms with Crippen LogP contribution in [0.3, 0.4) is 0 Å². The molecule has 0 bridgehead atoms. The number of halogens is 3.